The minimum atomic E-state index is -1.44. The Morgan fingerprint density at radius 1 is 1.37 bits per heavy atom. The SMILES string of the molecule is COc1cccc(C(=NOC(=O)C(Cl)Cl)C(=O)O)c1. The average molecular weight is 306 g/mol. The minimum Gasteiger partial charge on any atom is -0.497 e. The minimum absolute atomic E-state index is 0.209. The first-order valence-electron chi connectivity index (χ1n) is 4.90. The van der Waals surface area contributed by atoms with E-state index >= 15 is 0 Å². The topological polar surface area (TPSA) is 85.2 Å². The molecule has 0 aromatic heterocycles. The van der Waals surface area contributed by atoms with Gasteiger partial charge in [-0.2, -0.15) is 0 Å². The van der Waals surface area contributed by atoms with Gasteiger partial charge in [0.25, 0.3) is 0 Å². The Bertz CT molecular complexity index is 516. The van der Waals surface area contributed by atoms with Gasteiger partial charge in [0.15, 0.2) is 5.71 Å². The van der Waals surface area contributed by atoms with Crippen LogP contribution in [-0.4, -0.2) is 34.7 Å². The van der Waals surface area contributed by atoms with Gasteiger partial charge in [0, 0.05) is 5.56 Å². The van der Waals surface area contributed by atoms with Crippen molar-refractivity contribution in [2.75, 3.05) is 7.11 Å². The Morgan fingerprint density at radius 3 is 2.58 bits per heavy atom. The molecule has 0 atom stereocenters. The van der Waals surface area contributed by atoms with Crippen LogP contribution in [0.2, 0.25) is 0 Å². The smallest absolute Gasteiger partial charge is 0.367 e. The maximum atomic E-state index is 11.1. The third kappa shape index (κ3) is 4.42. The normalized spacial score (nSPS) is 11.3. The Hall–Kier alpha value is -1.79. The number of alkyl halides is 2. The van der Waals surface area contributed by atoms with E-state index in [-0.39, 0.29) is 5.56 Å². The van der Waals surface area contributed by atoms with Crippen LogP contribution in [0.1, 0.15) is 5.56 Å². The number of benzene rings is 1. The van der Waals surface area contributed by atoms with E-state index in [1.165, 1.54) is 19.2 Å². The molecule has 19 heavy (non-hydrogen) atoms. The van der Waals surface area contributed by atoms with Crippen molar-refractivity contribution in [2.24, 2.45) is 5.16 Å². The van der Waals surface area contributed by atoms with Crippen LogP contribution < -0.4 is 4.74 Å². The van der Waals surface area contributed by atoms with Crippen molar-refractivity contribution in [3.63, 3.8) is 0 Å². The predicted molar refractivity (Wildman–Crippen MR) is 68.8 cm³/mol. The quantitative estimate of drug-likeness (QED) is 0.388. The predicted octanol–water partition coefficient (Wildman–Crippen LogP) is 1.83. The number of oxime groups is 1. The zero-order chi connectivity index (χ0) is 14.4. The molecule has 0 aliphatic carbocycles. The van der Waals surface area contributed by atoms with Crippen LogP contribution in [0.25, 0.3) is 0 Å². The molecule has 0 fully saturated rings. The summed E-state index contributed by atoms with van der Waals surface area (Å²) in [6.45, 7) is 0. The van der Waals surface area contributed by atoms with Crippen molar-refractivity contribution in [3.8, 4) is 5.75 Å². The molecule has 0 saturated carbocycles. The number of carboxylic acid groups (broad SMARTS) is 1. The molecule has 0 saturated heterocycles. The summed E-state index contributed by atoms with van der Waals surface area (Å²) in [5, 5.41) is 12.2. The van der Waals surface area contributed by atoms with Gasteiger partial charge in [-0.3, -0.25) is 0 Å². The molecule has 6 nitrogen and oxygen atoms in total. The summed E-state index contributed by atoms with van der Waals surface area (Å²) in [6.07, 6.45) is 0. The number of halogens is 2. The molecular weight excluding hydrogens is 297 g/mol. The number of nitrogens with zero attached hydrogens (tertiary/aromatic N) is 1. The Labute approximate surface area is 118 Å². The van der Waals surface area contributed by atoms with Crippen molar-refractivity contribution in [1.82, 2.24) is 0 Å². The standard InChI is InChI=1S/C11H9Cl2NO5/c1-18-7-4-2-3-6(5-7)8(10(15)16)14-19-11(17)9(12)13/h2-5,9H,1H3,(H,15,16). The van der Waals surface area contributed by atoms with Crippen LogP contribution in [0.3, 0.4) is 0 Å². The third-order valence-corrected chi connectivity index (χ3v) is 2.31. The van der Waals surface area contributed by atoms with Crippen LogP contribution in [0.5, 0.6) is 5.75 Å². The number of hydrogen-bond acceptors (Lipinski definition) is 5. The first-order chi connectivity index (χ1) is 8.95. The van der Waals surface area contributed by atoms with Gasteiger partial charge in [0.05, 0.1) is 7.11 Å². The van der Waals surface area contributed by atoms with Crippen LogP contribution in [-0.2, 0) is 14.4 Å². The molecule has 0 radical (unpaired) electrons. The summed E-state index contributed by atoms with van der Waals surface area (Å²) < 4.78 is 4.95. The summed E-state index contributed by atoms with van der Waals surface area (Å²) in [5.74, 6) is -2.00. The fourth-order valence-corrected chi connectivity index (χ4v) is 1.20. The number of aliphatic carboxylic acids is 1. The van der Waals surface area contributed by atoms with Gasteiger partial charge in [0.2, 0.25) is 4.84 Å². The van der Waals surface area contributed by atoms with Gasteiger partial charge in [-0.05, 0) is 12.1 Å². The van der Waals surface area contributed by atoms with E-state index in [1.807, 2.05) is 0 Å². The third-order valence-electron chi connectivity index (χ3n) is 1.95. The largest absolute Gasteiger partial charge is 0.497 e. The highest BCUT2D eigenvalue weighted by molar-refractivity contribution is 6.53. The van der Waals surface area contributed by atoms with Gasteiger partial charge in [-0.15, -0.1) is 0 Å². The van der Waals surface area contributed by atoms with E-state index in [0.29, 0.717) is 5.75 Å². The lowest BCUT2D eigenvalue weighted by atomic mass is 10.1. The molecule has 0 spiro atoms. The maximum absolute atomic E-state index is 11.1. The number of ether oxygens (including phenoxy) is 1. The second-order valence-electron chi connectivity index (χ2n) is 3.19. The Kier molecular flexibility index (Phi) is 5.59. The number of rotatable bonds is 5. The summed E-state index contributed by atoms with van der Waals surface area (Å²) >= 11 is 10.5. The first kappa shape index (κ1) is 15.3. The zero-order valence-electron chi connectivity index (χ0n) is 9.67. The van der Waals surface area contributed by atoms with Crippen molar-refractivity contribution >= 4 is 40.9 Å². The van der Waals surface area contributed by atoms with Crippen molar-refractivity contribution < 1.29 is 24.3 Å². The number of carbonyl (C=O) groups is 2. The van der Waals surface area contributed by atoms with E-state index in [4.69, 9.17) is 33.0 Å². The second kappa shape index (κ2) is 6.96. The molecule has 8 heteroatoms. The van der Waals surface area contributed by atoms with Crippen LogP contribution in [0.4, 0.5) is 0 Å². The molecule has 1 N–H and O–H groups in total. The van der Waals surface area contributed by atoms with E-state index in [2.05, 4.69) is 9.99 Å². The van der Waals surface area contributed by atoms with Gasteiger partial charge in [-0.25, -0.2) is 9.59 Å². The van der Waals surface area contributed by atoms with Crippen molar-refractivity contribution in [1.29, 1.82) is 0 Å². The molecule has 1 aromatic rings. The number of hydrogen-bond donors (Lipinski definition) is 1. The monoisotopic (exact) mass is 305 g/mol. The molecule has 0 aliphatic rings. The average Bonchev–Trinajstić information content (AvgIpc) is 2.38. The lowest BCUT2D eigenvalue weighted by Crippen LogP contribution is -2.17. The highest BCUT2D eigenvalue weighted by atomic mass is 35.5. The van der Waals surface area contributed by atoms with E-state index in [0.717, 1.165) is 0 Å². The summed E-state index contributed by atoms with van der Waals surface area (Å²) in [6, 6.07) is 6.10. The molecule has 0 bridgehead atoms. The van der Waals surface area contributed by atoms with Crippen LogP contribution in [0.15, 0.2) is 29.4 Å². The van der Waals surface area contributed by atoms with Crippen LogP contribution >= 0.6 is 23.2 Å². The van der Waals surface area contributed by atoms with Gasteiger partial charge >= 0.3 is 11.9 Å². The summed E-state index contributed by atoms with van der Waals surface area (Å²) in [7, 11) is 1.43. The number of carboxylic acids is 1. The van der Waals surface area contributed by atoms with Gasteiger partial charge in [0.1, 0.15) is 5.75 Å². The van der Waals surface area contributed by atoms with Gasteiger partial charge in [-0.1, -0.05) is 40.5 Å². The fraction of sp³-hybridized carbons (Fsp3) is 0.182. The molecule has 1 rings (SSSR count). The molecule has 0 amide bonds. The lowest BCUT2D eigenvalue weighted by molar-refractivity contribution is -0.141. The molecular formula is C11H9Cl2NO5. The number of methoxy groups -OCH3 is 1. The van der Waals surface area contributed by atoms with Crippen molar-refractivity contribution in [2.45, 2.75) is 4.84 Å². The lowest BCUT2D eigenvalue weighted by Gasteiger charge is -2.04. The van der Waals surface area contributed by atoms with Crippen molar-refractivity contribution in [3.05, 3.63) is 29.8 Å². The highest BCUT2D eigenvalue weighted by Crippen LogP contribution is 2.14. The number of carbonyl (C=O) groups excluding carboxylic acids is 1. The second-order valence-corrected chi connectivity index (χ2v) is 4.28. The highest BCUT2D eigenvalue weighted by Gasteiger charge is 2.18. The molecule has 0 unspecified atom stereocenters. The molecule has 1 aromatic carbocycles. The molecule has 0 aliphatic heterocycles. The Morgan fingerprint density at radius 2 is 2.05 bits per heavy atom. The first-order valence-corrected chi connectivity index (χ1v) is 5.77. The zero-order valence-corrected chi connectivity index (χ0v) is 11.2. The van der Waals surface area contributed by atoms with E-state index in [1.54, 1.807) is 12.1 Å². The Balaban J connectivity index is 3.03. The molecule has 102 valence electrons. The van der Waals surface area contributed by atoms with Crippen LogP contribution in [0, 0.1) is 0 Å². The van der Waals surface area contributed by atoms with E-state index < -0.39 is 22.5 Å². The van der Waals surface area contributed by atoms with E-state index in [9.17, 15) is 9.59 Å². The summed E-state index contributed by atoms with van der Waals surface area (Å²) in [5.41, 5.74) is -0.262. The van der Waals surface area contributed by atoms with Gasteiger partial charge < -0.3 is 14.7 Å². The maximum Gasteiger partial charge on any atom is 0.367 e. The fourth-order valence-electron chi connectivity index (χ4n) is 1.12. The summed E-state index contributed by atoms with van der Waals surface area (Å²) in [4.78, 5) is 24.9. The molecule has 0 heterocycles.